The average Bonchev–Trinajstić information content (AvgIpc) is 2.67. The van der Waals surface area contributed by atoms with Crippen molar-refractivity contribution in [1.29, 1.82) is 0 Å². The van der Waals surface area contributed by atoms with Crippen LogP contribution in [0.4, 0.5) is 10.1 Å². The van der Waals surface area contributed by atoms with Gasteiger partial charge in [-0.2, -0.15) is 0 Å². The van der Waals surface area contributed by atoms with Crippen molar-refractivity contribution in [3.63, 3.8) is 0 Å². The van der Waals surface area contributed by atoms with Gasteiger partial charge in [0.25, 0.3) is 11.8 Å². The molecular weight excluding hydrogens is 349 g/mol. The molecular formula is C20H22FN3O3. The van der Waals surface area contributed by atoms with E-state index in [1.54, 1.807) is 24.3 Å². The summed E-state index contributed by atoms with van der Waals surface area (Å²) in [7, 11) is 2.02. The lowest BCUT2D eigenvalue weighted by molar-refractivity contribution is -0.0175. The molecule has 2 aromatic rings. The highest BCUT2D eigenvalue weighted by Gasteiger charge is 2.18. The van der Waals surface area contributed by atoms with Crippen LogP contribution in [0.15, 0.2) is 48.5 Å². The molecule has 2 N–H and O–H groups in total. The van der Waals surface area contributed by atoms with Gasteiger partial charge in [0.05, 0.1) is 12.7 Å². The van der Waals surface area contributed by atoms with Crippen molar-refractivity contribution in [2.45, 2.75) is 6.10 Å². The zero-order valence-corrected chi connectivity index (χ0v) is 15.1. The first-order valence-electron chi connectivity index (χ1n) is 8.76. The standard InChI is InChI=1S/C20H22FN3O3/c1-24-9-10-27-18(13-24)12-22-19(25)15-3-2-4-17(11-15)23-20(26)14-5-7-16(21)8-6-14/h2-8,11,18H,9-10,12-13H2,1H3,(H,22,25)(H,23,26). The van der Waals surface area contributed by atoms with Gasteiger partial charge in [-0.15, -0.1) is 0 Å². The van der Waals surface area contributed by atoms with Crippen LogP contribution in [-0.2, 0) is 4.74 Å². The van der Waals surface area contributed by atoms with Crippen molar-refractivity contribution in [2.24, 2.45) is 0 Å². The highest BCUT2D eigenvalue weighted by Crippen LogP contribution is 2.13. The van der Waals surface area contributed by atoms with E-state index in [-0.39, 0.29) is 17.9 Å². The van der Waals surface area contributed by atoms with Crippen molar-refractivity contribution in [3.8, 4) is 0 Å². The van der Waals surface area contributed by atoms with Crippen LogP contribution in [0.2, 0.25) is 0 Å². The molecule has 1 aliphatic rings. The highest BCUT2D eigenvalue weighted by atomic mass is 19.1. The molecule has 0 aliphatic carbocycles. The Balaban J connectivity index is 1.58. The maximum absolute atomic E-state index is 13.0. The molecule has 1 fully saturated rings. The number of hydrogen-bond donors (Lipinski definition) is 2. The molecule has 0 spiro atoms. The maximum Gasteiger partial charge on any atom is 0.255 e. The first kappa shape index (κ1) is 19.0. The molecule has 0 radical (unpaired) electrons. The summed E-state index contributed by atoms with van der Waals surface area (Å²) in [5.74, 6) is -1.01. The summed E-state index contributed by atoms with van der Waals surface area (Å²) in [5.41, 5.74) is 1.27. The first-order chi connectivity index (χ1) is 13.0. The minimum absolute atomic E-state index is 0.0333. The SMILES string of the molecule is CN1CCOC(CNC(=O)c2cccc(NC(=O)c3ccc(F)cc3)c2)C1. The van der Waals surface area contributed by atoms with E-state index in [2.05, 4.69) is 15.5 Å². The number of hydrogen-bond acceptors (Lipinski definition) is 4. The zero-order chi connectivity index (χ0) is 19.2. The number of amides is 2. The van der Waals surface area contributed by atoms with Crippen LogP contribution < -0.4 is 10.6 Å². The first-order valence-corrected chi connectivity index (χ1v) is 8.76. The third kappa shape index (κ3) is 5.35. The second-order valence-electron chi connectivity index (χ2n) is 6.51. The minimum Gasteiger partial charge on any atom is -0.374 e. The van der Waals surface area contributed by atoms with Crippen LogP contribution in [0.3, 0.4) is 0 Å². The molecule has 142 valence electrons. The third-order valence-electron chi connectivity index (χ3n) is 4.32. The topological polar surface area (TPSA) is 70.7 Å². The Bertz CT molecular complexity index is 810. The summed E-state index contributed by atoms with van der Waals surface area (Å²) in [5, 5.41) is 5.57. The summed E-state index contributed by atoms with van der Waals surface area (Å²) in [4.78, 5) is 26.8. The molecule has 2 amide bonds. The van der Waals surface area contributed by atoms with Crippen LogP contribution in [0.25, 0.3) is 0 Å². The number of rotatable bonds is 5. The molecule has 0 bridgehead atoms. The number of carbonyl (C=O) groups excluding carboxylic acids is 2. The zero-order valence-electron chi connectivity index (χ0n) is 15.1. The predicted octanol–water partition coefficient (Wildman–Crippen LogP) is 2.14. The van der Waals surface area contributed by atoms with Gasteiger partial charge in [-0.1, -0.05) is 6.07 Å². The van der Waals surface area contributed by atoms with Crippen molar-refractivity contribution in [2.75, 3.05) is 38.6 Å². The molecule has 1 aliphatic heterocycles. The number of benzene rings is 2. The van der Waals surface area contributed by atoms with E-state index < -0.39 is 5.82 Å². The normalized spacial score (nSPS) is 17.3. The van der Waals surface area contributed by atoms with Crippen LogP contribution in [0, 0.1) is 5.82 Å². The van der Waals surface area contributed by atoms with Crippen LogP contribution >= 0.6 is 0 Å². The highest BCUT2D eigenvalue weighted by molar-refractivity contribution is 6.05. The summed E-state index contributed by atoms with van der Waals surface area (Å²) in [6.07, 6.45) is -0.0333. The molecule has 1 unspecified atom stereocenters. The van der Waals surface area contributed by atoms with E-state index in [0.717, 1.165) is 13.1 Å². The maximum atomic E-state index is 13.0. The van der Waals surface area contributed by atoms with Crippen molar-refractivity contribution < 1.29 is 18.7 Å². The van der Waals surface area contributed by atoms with Gasteiger partial charge in [0, 0.05) is 36.4 Å². The number of carbonyl (C=O) groups is 2. The molecule has 3 rings (SSSR count). The number of morpholine rings is 1. The summed E-state index contributed by atoms with van der Waals surface area (Å²) < 4.78 is 18.6. The van der Waals surface area contributed by atoms with Gasteiger partial charge in [-0.05, 0) is 49.5 Å². The molecule has 0 saturated carbocycles. The lowest BCUT2D eigenvalue weighted by atomic mass is 10.1. The largest absolute Gasteiger partial charge is 0.374 e. The third-order valence-corrected chi connectivity index (χ3v) is 4.32. The van der Waals surface area contributed by atoms with Gasteiger partial charge in [0.2, 0.25) is 0 Å². The number of likely N-dealkylation sites (N-methyl/N-ethyl adjacent to an activating group) is 1. The Hall–Kier alpha value is -2.77. The van der Waals surface area contributed by atoms with Gasteiger partial charge in [-0.3, -0.25) is 9.59 Å². The van der Waals surface area contributed by atoms with Gasteiger partial charge >= 0.3 is 0 Å². The average molecular weight is 371 g/mol. The van der Waals surface area contributed by atoms with E-state index in [9.17, 15) is 14.0 Å². The van der Waals surface area contributed by atoms with Gasteiger partial charge in [0.1, 0.15) is 5.82 Å². The lowest BCUT2D eigenvalue weighted by Gasteiger charge is -2.30. The molecule has 1 atom stereocenters. The van der Waals surface area contributed by atoms with E-state index in [0.29, 0.717) is 30.0 Å². The lowest BCUT2D eigenvalue weighted by Crippen LogP contribution is -2.45. The summed E-state index contributed by atoms with van der Waals surface area (Å²) in [6.45, 7) is 2.74. The Labute approximate surface area is 157 Å². The summed E-state index contributed by atoms with van der Waals surface area (Å²) >= 11 is 0. The number of nitrogens with one attached hydrogen (secondary N) is 2. The number of halogens is 1. The van der Waals surface area contributed by atoms with Crippen molar-refractivity contribution in [1.82, 2.24) is 10.2 Å². The van der Waals surface area contributed by atoms with E-state index in [1.807, 2.05) is 7.05 Å². The van der Waals surface area contributed by atoms with E-state index in [1.165, 1.54) is 24.3 Å². The summed E-state index contributed by atoms with van der Waals surface area (Å²) in [6, 6.07) is 11.9. The Kier molecular flexibility index (Phi) is 6.16. The van der Waals surface area contributed by atoms with Crippen LogP contribution in [0.1, 0.15) is 20.7 Å². The van der Waals surface area contributed by atoms with Crippen LogP contribution in [0.5, 0.6) is 0 Å². The molecule has 0 aromatic heterocycles. The van der Waals surface area contributed by atoms with E-state index >= 15 is 0 Å². The van der Waals surface area contributed by atoms with Crippen molar-refractivity contribution >= 4 is 17.5 Å². The minimum atomic E-state index is -0.404. The van der Waals surface area contributed by atoms with Crippen molar-refractivity contribution in [3.05, 3.63) is 65.5 Å². The monoisotopic (exact) mass is 371 g/mol. The fraction of sp³-hybridized carbons (Fsp3) is 0.300. The molecule has 1 saturated heterocycles. The van der Waals surface area contributed by atoms with Gasteiger partial charge in [0.15, 0.2) is 0 Å². The van der Waals surface area contributed by atoms with E-state index in [4.69, 9.17) is 4.74 Å². The predicted molar refractivity (Wildman–Crippen MR) is 100 cm³/mol. The molecule has 1 heterocycles. The second-order valence-corrected chi connectivity index (χ2v) is 6.51. The number of ether oxygens (including phenoxy) is 1. The second kappa shape index (κ2) is 8.75. The Morgan fingerprint density at radius 3 is 2.67 bits per heavy atom. The van der Waals surface area contributed by atoms with Gasteiger partial charge in [-0.25, -0.2) is 4.39 Å². The quantitative estimate of drug-likeness (QED) is 0.845. The van der Waals surface area contributed by atoms with Crippen LogP contribution in [-0.4, -0.2) is 56.1 Å². The molecule has 2 aromatic carbocycles. The van der Waals surface area contributed by atoms with Gasteiger partial charge < -0.3 is 20.3 Å². The molecule has 6 nitrogen and oxygen atoms in total. The fourth-order valence-electron chi connectivity index (χ4n) is 2.84. The molecule has 7 heteroatoms. The Morgan fingerprint density at radius 2 is 1.93 bits per heavy atom. The fourth-order valence-corrected chi connectivity index (χ4v) is 2.84. The smallest absolute Gasteiger partial charge is 0.255 e. The number of nitrogens with zero attached hydrogens (tertiary/aromatic N) is 1. The molecule has 27 heavy (non-hydrogen) atoms. The Morgan fingerprint density at radius 1 is 1.15 bits per heavy atom. The number of anilines is 1.